The third kappa shape index (κ3) is 4.30. The first kappa shape index (κ1) is 20.8. The van der Waals surface area contributed by atoms with Crippen LogP contribution in [0.3, 0.4) is 0 Å². The molecule has 5 heteroatoms. The Kier molecular flexibility index (Phi) is 5.77. The van der Waals surface area contributed by atoms with Gasteiger partial charge in [-0.15, -0.1) is 0 Å². The van der Waals surface area contributed by atoms with Crippen LogP contribution in [0.5, 0.6) is 0 Å². The Labute approximate surface area is 192 Å². The number of fused-ring (bicyclic) bond motifs is 1. The first-order chi connectivity index (χ1) is 16.2. The first-order valence-corrected chi connectivity index (χ1v) is 11.0. The van der Waals surface area contributed by atoms with Crippen molar-refractivity contribution in [3.05, 3.63) is 131 Å². The maximum absolute atomic E-state index is 13.7. The maximum atomic E-state index is 13.7. The minimum atomic E-state index is -0.646. The molecule has 1 N–H and O–H groups in total. The summed E-state index contributed by atoms with van der Waals surface area (Å²) in [5.41, 5.74) is 4.09. The van der Waals surface area contributed by atoms with Crippen LogP contribution in [0.2, 0.25) is 0 Å². The highest BCUT2D eigenvalue weighted by Gasteiger charge is 2.37. The Morgan fingerprint density at radius 3 is 2.00 bits per heavy atom. The zero-order valence-electron chi connectivity index (χ0n) is 18.1. The summed E-state index contributed by atoms with van der Waals surface area (Å²) in [5.74, 6) is -0.248. The van der Waals surface area contributed by atoms with Crippen molar-refractivity contribution in [2.24, 2.45) is 0 Å². The van der Waals surface area contributed by atoms with Crippen molar-refractivity contribution in [2.45, 2.75) is 25.0 Å². The molecule has 0 saturated heterocycles. The molecule has 0 radical (unpaired) electrons. The molecule has 1 atom stereocenters. The zero-order chi connectivity index (χ0) is 22.6. The molecule has 0 bridgehead atoms. The number of benzene rings is 3. The molecule has 3 aromatic carbocycles. The summed E-state index contributed by atoms with van der Waals surface area (Å²) >= 11 is 0. The molecule has 0 saturated carbocycles. The van der Waals surface area contributed by atoms with Gasteiger partial charge >= 0.3 is 0 Å². The highest BCUT2D eigenvalue weighted by molar-refractivity contribution is 5.96. The van der Waals surface area contributed by atoms with E-state index >= 15 is 0 Å². The quantitative estimate of drug-likeness (QED) is 0.491. The Balaban J connectivity index is 1.48. The average molecular weight is 437 g/mol. The molecule has 1 aliphatic rings. The third-order valence-electron chi connectivity index (χ3n) is 6.10. The van der Waals surface area contributed by atoms with Crippen LogP contribution >= 0.6 is 0 Å². The number of rotatable bonds is 5. The van der Waals surface area contributed by atoms with Crippen molar-refractivity contribution >= 4 is 11.8 Å². The molecule has 1 aromatic heterocycles. The number of furan rings is 1. The van der Waals surface area contributed by atoms with E-state index in [1.54, 1.807) is 17.0 Å². The minimum Gasteiger partial charge on any atom is -0.459 e. The second kappa shape index (κ2) is 9.17. The molecule has 1 aliphatic heterocycles. The molecule has 0 fully saturated rings. The van der Waals surface area contributed by atoms with Crippen LogP contribution in [0.4, 0.5) is 0 Å². The fraction of sp³-hybridized carbons (Fsp3) is 0.143. The lowest BCUT2D eigenvalue weighted by atomic mass is 9.92. The molecule has 0 aliphatic carbocycles. The van der Waals surface area contributed by atoms with Crippen LogP contribution in [0.1, 0.15) is 38.9 Å². The van der Waals surface area contributed by atoms with E-state index in [1.165, 1.54) is 6.26 Å². The van der Waals surface area contributed by atoms with Crippen LogP contribution in [0.15, 0.2) is 108 Å². The molecule has 5 rings (SSSR count). The van der Waals surface area contributed by atoms with Gasteiger partial charge in [0, 0.05) is 13.0 Å². The van der Waals surface area contributed by atoms with Crippen LogP contribution in [0, 0.1) is 0 Å². The van der Waals surface area contributed by atoms with Gasteiger partial charge in [-0.3, -0.25) is 9.59 Å². The molecule has 4 aromatic rings. The van der Waals surface area contributed by atoms with E-state index in [2.05, 4.69) is 5.32 Å². The van der Waals surface area contributed by atoms with Crippen molar-refractivity contribution in [1.29, 1.82) is 0 Å². The summed E-state index contributed by atoms with van der Waals surface area (Å²) in [6, 6.07) is 30.0. The van der Waals surface area contributed by atoms with E-state index in [1.807, 2.05) is 84.9 Å². The lowest BCUT2D eigenvalue weighted by Gasteiger charge is -2.36. The van der Waals surface area contributed by atoms with Crippen LogP contribution in [-0.4, -0.2) is 22.8 Å². The minimum absolute atomic E-state index is 0.192. The number of carbonyl (C=O) groups is 2. The number of carbonyl (C=O) groups excluding carboxylic acids is 2. The van der Waals surface area contributed by atoms with Crippen LogP contribution in [0.25, 0.3) is 0 Å². The lowest BCUT2D eigenvalue weighted by Crippen LogP contribution is -2.53. The second-order valence-corrected chi connectivity index (χ2v) is 8.16. The molecular weight excluding hydrogens is 412 g/mol. The molecule has 2 heterocycles. The van der Waals surface area contributed by atoms with Crippen molar-refractivity contribution in [3.8, 4) is 0 Å². The number of amides is 2. The van der Waals surface area contributed by atoms with Gasteiger partial charge in [0.2, 0.25) is 5.91 Å². The monoisotopic (exact) mass is 436 g/mol. The normalized spacial score (nSPS) is 15.2. The van der Waals surface area contributed by atoms with E-state index < -0.39 is 6.04 Å². The van der Waals surface area contributed by atoms with E-state index in [9.17, 15) is 9.59 Å². The smallest absolute Gasteiger partial charge is 0.290 e. The van der Waals surface area contributed by atoms with Crippen molar-refractivity contribution in [1.82, 2.24) is 10.2 Å². The predicted octanol–water partition coefficient (Wildman–Crippen LogP) is 4.75. The second-order valence-electron chi connectivity index (χ2n) is 8.16. The summed E-state index contributed by atoms with van der Waals surface area (Å²) in [4.78, 5) is 28.6. The standard InChI is InChI=1S/C28H24N2O3/c31-27(29-26(20-10-3-1-4-11-20)21-12-5-2-6-13-21)24-18-22-14-7-8-15-23(22)19-30(24)28(32)25-16-9-17-33-25/h1-17,24,26H,18-19H2,(H,29,31)/t24-/m1/s1. The number of nitrogens with zero attached hydrogens (tertiary/aromatic N) is 1. The lowest BCUT2D eigenvalue weighted by molar-refractivity contribution is -0.126. The molecule has 33 heavy (non-hydrogen) atoms. The Morgan fingerprint density at radius 1 is 0.788 bits per heavy atom. The Morgan fingerprint density at radius 2 is 1.39 bits per heavy atom. The summed E-state index contributed by atoms with van der Waals surface area (Å²) in [6.45, 7) is 0.356. The van der Waals surface area contributed by atoms with Crippen molar-refractivity contribution < 1.29 is 14.0 Å². The summed E-state index contributed by atoms with van der Waals surface area (Å²) in [5, 5.41) is 3.22. The Bertz CT molecular complexity index is 1200. The van der Waals surface area contributed by atoms with Crippen molar-refractivity contribution in [3.63, 3.8) is 0 Å². The fourth-order valence-corrected chi connectivity index (χ4v) is 4.40. The molecule has 164 valence electrons. The number of hydrogen-bond acceptors (Lipinski definition) is 3. The van der Waals surface area contributed by atoms with E-state index in [0.717, 1.165) is 22.3 Å². The summed E-state index contributed by atoms with van der Waals surface area (Å²) in [7, 11) is 0. The first-order valence-electron chi connectivity index (χ1n) is 11.0. The Hall–Kier alpha value is -4.12. The van der Waals surface area contributed by atoms with E-state index in [4.69, 9.17) is 4.42 Å². The van der Waals surface area contributed by atoms with E-state index in [0.29, 0.717) is 13.0 Å². The summed E-state index contributed by atoms with van der Waals surface area (Å²) < 4.78 is 5.36. The van der Waals surface area contributed by atoms with Crippen LogP contribution < -0.4 is 5.32 Å². The molecular formula is C28H24N2O3. The van der Waals surface area contributed by atoms with Gasteiger partial charge in [-0.25, -0.2) is 0 Å². The molecule has 2 amide bonds. The highest BCUT2D eigenvalue weighted by atomic mass is 16.3. The maximum Gasteiger partial charge on any atom is 0.290 e. The van der Waals surface area contributed by atoms with Gasteiger partial charge in [0.1, 0.15) is 6.04 Å². The molecule has 5 nitrogen and oxygen atoms in total. The molecule has 0 spiro atoms. The average Bonchev–Trinajstić information content (AvgIpc) is 3.42. The van der Waals surface area contributed by atoms with E-state index in [-0.39, 0.29) is 23.6 Å². The van der Waals surface area contributed by atoms with Gasteiger partial charge in [-0.1, -0.05) is 84.9 Å². The topological polar surface area (TPSA) is 62.6 Å². The zero-order valence-corrected chi connectivity index (χ0v) is 18.1. The highest BCUT2D eigenvalue weighted by Crippen LogP contribution is 2.27. The van der Waals surface area contributed by atoms with Gasteiger partial charge in [0.25, 0.3) is 5.91 Å². The van der Waals surface area contributed by atoms with Gasteiger partial charge in [0.05, 0.1) is 12.3 Å². The predicted molar refractivity (Wildman–Crippen MR) is 125 cm³/mol. The molecule has 0 unspecified atom stereocenters. The van der Waals surface area contributed by atoms with Gasteiger partial charge in [0.15, 0.2) is 5.76 Å². The van der Waals surface area contributed by atoms with Gasteiger partial charge in [-0.2, -0.15) is 0 Å². The number of nitrogens with one attached hydrogen (secondary N) is 1. The fourth-order valence-electron chi connectivity index (χ4n) is 4.40. The largest absolute Gasteiger partial charge is 0.459 e. The third-order valence-corrected chi connectivity index (χ3v) is 6.10. The summed E-state index contributed by atoms with van der Waals surface area (Å²) in [6.07, 6.45) is 1.92. The van der Waals surface area contributed by atoms with Gasteiger partial charge in [-0.05, 0) is 34.4 Å². The van der Waals surface area contributed by atoms with Crippen molar-refractivity contribution in [2.75, 3.05) is 0 Å². The van der Waals surface area contributed by atoms with Crippen LogP contribution in [-0.2, 0) is 17.8 Å². The SMILES string of the molecule is O=C(NC(c1ccccc1)c1ccccc1)[C@H]1Cc2ccccc2CN1C(=O)c1ccco1. The number of hydrogen-bond donors (Lipinski definition) is 1. The van der Waals surface area contributed by atoms with Gasteiger partial charge < -0.3 is 14.6 Å².